The Labute approximate surface area is 225 Å². The monoisotopic (exact) mass is 527 g/mol. The number of hydrogen-bond acceptors (Lipinski definition) is 7. The van der Waals surface area contributed by atoms with Gasteiger partial charge >= 0.3 is 5.97 Å². The van der Waals surface area contributed by atoms with E-state index in [1.165, 1.54) is 0 Å². The van der Waals surface area contributed by atoms with Gasteiger partial charge < -0.3 is 24.2 Å². The van der Waals surface area contributed by atoms with Gasteiger partial charge in [0, 0.05) is 24.6 Å². The quantitative estimate of drug-likeness (QED) is 0.172. The Morgan fingerprint density at radius 3 is 2.00 bits per heavy atom. The van der Waals surface area contributed by atoms with Crippen LogP contribution in [0.5, 0.6) is 17.2 Å². The number of amides is 1. The van der Waals surface area contributed by atoms with Gasteiger partial charge in [0.05, 0.1) is 31.9 Å². The molecule has 0 atom stereocenters. The molecule has 2 aromatic rings. The minimum Gasteiger partial charge on any atom is -0.494 e. The number of unbranched alkanes of at least 4 members (excludes halogenated alkanes) is 2. The standard InChI is InChI=1S/C29H41N3O6/c1-21(2)32(22(3)4)29(35)26-15-14-25(19-27(26)38-18-8-9-28(33)34)37-17-7-5-6-16-36-24-12-10-23(11-13-24)20-31-30/h10-15,19,21-22,30H,5-9,16-18,20H2,1-4H3,(H,33,34). The van der Waals surface area contributed by atoms with Crippen LogP contribution in [0.15, 0.2) is 47.6 Å². The fourth-order valence-corrected chi connectivity index (χ4v) is 4.04. The predicted octanol–water partition coefficient (Wildman–Crippen LogP) is 6.35. The van der Waals surface area contributed by atoms with E-state index in [0.29, 0.717) is 43.2 Å². The Kier molecular flexibility index (Phi) is 13.1. The second kappa shape index (κ2) is 16.3. The molecule has 208 valence electrons. The first kappa shape index (κ1) is 30.6. The number of carboxylic acid groups (broad SMARTS) is 1. The molecule has 0 heterocycles. The fraction of sp³-hybridized carbons (Fsp3) is 0.517. The zero-order chi connectivity index (χ0) is 27.9. The number of nitrogens with one attached hydrogen (secondary N) is 1. The predicted molar refractivity (Wildman–Crippen MR) is 145 cm³/mol. The highest BCUT2D eigenvalue weighted by atomic mass is 16.5. The summed E-state index contributed by atoms with van der Waals surface area (Å²) < 4.78 is 17.5. The van der Waals surface area contributed by atoms with Crippen molar-refractivity contribution in [3.63, 3.8) is 0 Å². The molecule has 0 bridgehead atoms. The van der Waals surface area contributed by atoms with E-state index in [1.54, 1.807) is 23.1 Å². The number of ether oxygens (including phenoxy) is 3. The Hall–Kier alpha value is -3.62. The molecule has 9 nitrogen and oxygen atoms in total. The van der Waals surface area contributed by atoms with Gasteiger partial charge in [0.25, 0.3) is 5.91 Å². The van der Waals surface area contributed by atoms with Crippen LogP contribution >= 0.6 is 0 Å². The summed E-state index contributed by atoms with van der Waals surface area (Å²) in [6.07, 6.45) is 3.01. The van der Waals surface area contributed by atoms with Gasteiger partial charge in [-0.2, -0.15) is 5.11 Å². The number of aliphatic carboxylic acids is 1. The molecule has 0 aliphatic carbocycles. The summed E-state index contributed by atoms with van der Waals surface area (Å²) in [5, 5.41) is 12.3. The number of carboxylic acids is 1. The molecule has 0 aliphatic heterocycles. The molecule has 2 aromatic carbocycles. The normalized spacial score (nSPS) is 10.9. The molecule has 0 saturated heterocycles. The summed E-state index contributed by atoms with van der Waals surface area (Å²) in [6.45, 7) is 9.59. The summed E-state index contributed by atoms with van der Waals surface area (Å²) >= 11 is 0. The first-order valence-corrected chi connectivity index (χ1v) is 13.2. The lowest BCUT2D eigenvalue weighted by atomic mass is 10.1. The van der Waals surface area contributed by atoms with Crippen molar-refractivity contribution in [3.8, 4) is 17.2 Å². The third-order valence-electron chi connectivity index (χ3n) is 5.83. The number of carbonyl (C=O) groups excluding carboxylic acids is 1. The van der Waals surface area contributed by atoms with E-state index in [9.17, 15) is 9.59 Å². The van der Waals surface area contributed by atoms with Gasteiger partial charge in [-0.15, -0.1) is 0 Å². The van der Waals surface area contributed by atoms with Crippen LogP contribution in [0.4, 0.5) is 0 Å². The van der Waals surface area contributed by atoms with E-state index in [-0.39, 0.29) is 31.0 Å². The van der Waals surface area contributed by atoms with E-state index >= 15 is 0 Å². The van der Waals surface area contributed by atoms with Crippen LogP contribution in [-0.2, 0) is 11.3 Å². The lowest BCUT2D eigenvalue weighted by Crippen LogP contribution is -2.42. The number of rotatable bonds is 18. The Balaban J connectivity index is 1.88. The van der Waals surface area contributed by atoms with Crippen molar-refractivity contribution >= 4 is 11.9 Å². The maximum atomic E-state index is 13.3. The molecule has 1 amide bonds. The zero-order valence-corrected chi connectivity index (χ0v) is 22.9. The smallest absolute Gasteiger partial charge is 0.303 e. The lowest BCUT2D eigenvalue weighted by Gasteiger charge is -2.31. The molecule has 2 rings (SSSR count). The van der Waals surface area contributed by atoms with Crippen LogP contribution < -0.4 is 14.2 Å². The highest BCUT2D eigenvalue weighted by Crippen LogP contribution is 2.28. The fourth-order valence-electron chi connectivity index (χ4n) is 4.04. The molecular formula is C29H41N3O6. The molecule has 0 fully saturated rings. The summed E-state index contributed by atoms with van der Waals surface area (Å²) in [7, 11) is 0. The average Bonchev–Trinajstić information content (AvgIpc) is 2.86. The van der Waals surface area contributed by atoms with Gasteiger partial charge in [0.2, 0.25) is 0 Å². The summed E-state index contributed by atoms with van der Waals surface area (Å²) in [5.74, 6) is 0.795. The van der Waals surface area contributed by atoms with Crippen LogP contribution in [0.1, 0.15) is 75.7 Å². The average molecular weight is 528 g/mol. The molecule has 0 aromatic heterocycles. The van der Waals surface area contributed by atoms with Crippen molar-refractivity contribution in [1.29, 1.82) is 5.53 Å². The van der Waals surface area contributed by atoms with Gasteiger partial charge in [-0.3, -0.25) is 9.59 Å². The van der Waals surface area contributed by atoms with E-state index in [1.807, 2.05) is 52.0 Å². The third-order valence-corrected chi connectivity index (χ3v) is 5.83. The minimum atomic E-state index is -0.882. The van der Waals surface area contributed by atoms with E-state index in [0.717, 1.165) is 30.6 Å². The largest absolute Gasteiger partial charge is 0.494 e. The number of hydrogen-bond donors (Lipinski definition) is 2. The maximum Gasteiger partial charge on any atom is 0.303 e. The van der Waals surface area contributed by atoms with Gasteiger partial charge in [0.1, 0.15) is 17.2 Å². The maximum absolute atomic E-state index is 13.3. The lowest BCUT2D eigenvalue weighted by molar-refractivity contribution is -0.137. The molecule has 0 spiro atoms. The van der Waals surface area contributed by atoms with Crippen LogP contribution in [0.25, 0.3) is 0 Å². The van der Waals surface area contributed by atoms with Crippen molar-refractivity contribution in [3.05, 3.63) is 53.6 Å². The summed E-state index contributed by atoms with van der Waals surface area (Å²) in [6, 6.07) is 12.9. The first-order chi connectivity index (χ1) is 18.2. The molecule has 38 heavy (non-hydrogen) atoms. The van der Waals surface area contributed by atoms with Crippen molar-refractivity contribution in [2.24, 2.45) is 5.11 Å². The van der Waals surface area contributed by atoms with E-state index < -0.39 is 5.97 Å². The highest BCUT2D eigenvalue weighted by molar-refractivity contribution is 5.97. The Morgan fingerprint density at radius 1 is 0.842 bits per heavy atom. The molecule has 0 saturated carbocycles. The van der Waals surface area contributed by atoms with E-state index in [4.69, 9.17) is 24.8 Å². The van der Waals surface area contributed by atoms with Crippen LogP contribution in [0, 0.1) is 5.53 Å². The summed E-state index contributed by atoms with van der Waals surface area (Å²) in [4.78, 5) is 25.9. The SMILES string of the molecule is CC(C)N(C(=O)c1ccc(OCCCCCOc2ccc(CN=N)cc2)cc1OCCCC(=O)O)C(C)C. The Bertz CT molecular complexity index is 1020. The van der Waals surface area contributed by atoms with Crippen LogP contribution in [-0.4, -0.2) is 53.8 Å². The van der Waals surface area contributed by atoms with Crippen molar-refractivity contribution in [1.82, 2.24) is 4.90 Å². The second-order valence-electron chi connectivity index (χ2n) is 9.62. The van der Waals surface area contributed by atoms with Gasteiger partial charge in [-0.1, -0.05) is 12.1 Å². The van der Waals surface area contributed by atoms with Crippen molar-refractivity contribution < 1.29 is 28.9 Å². The summed E-state index contributed by atoms with van der Waals surface area (Å²) in [5.41, 5.74) is 8.33. The minimum absolute atomic E-state index is 0.000821. The molecule has 0 radical (unpaired) electrons. The molecule has 9 heteroatoms. The third kappa shape index (κ3) is 10.4. The van der Waals surface area contributed by atoms with E-state index in [2.05, 4.69) is 5.11 Å². The highest BCUT2D eigenvalue weighted by Gasteiger charge is 2.25. The molecule has 0 aliphatic rings. The Morgan fingerprint density at radius 2 is 1.42 bits per heavy atom. The first-order valence-electron chi connectivity index (χ1n) is 13.2. The van der Waals surface area contributed by atoms with Gasteiger partial charge in [-0.05, 0) is 83.2 Å². The zero-order valence-electron chi connectivity index (χ0n) is 22.9. The number of benzene rings is 2. The van der Waals surface area contributed by atoms with Crippen molar-refractivity contribution in [2.75, 3.05) is 19.8 Å². The number of carbonyl (C=O) groups is 2. The van der Waals surface area contributed by atoms with Crippen molar-refractivity contribution in [2.45, 2.75) is 78.4 Å². The molecule has 0 unspecified atom stereocenters. The number of nitrogens with zero attached hydrogens (tertiary/aromatic N) is 2. The second-order valence-corrected chi connectivity index (χ2v) is 9.62. The van der Waals surface area contributed by atoms with Crippen LogP contribution in [0.2, 0.25) is 0 Å². The van der Waals surface area contributed by atoms with Crippen LogP contribution in [0.3, 0.4) is 0 Å². The van der Waals surface area contributed by atoms with Gasteiger partial charge in [0.15, 0.2) is 0 Å². The topological polar surface area (TPSA) is 122 Å². The molecule has 2 N–H and O–H groups in total. The molecular weight excluding hydrogens is 486 g/mol. The van der Waals surface area contributed by atoms with Gasteiger partial charge in [-0.25, -0.2) is 5.53 Å².